The number of nitrogens with one attached hydrogen (secondary N) is 1. The molecule has 5 nitrogen and oxygen atoms in total. The molecule has 1 aromatic heterocycles. The van der Waals surface area contributed by atoms with Gasteiger partial charge >= 0.3 is 6.09 Å². The van der Waals surface area contributed by atoms with Crippen LogP contribution in [0.5, 0.6) is 0 Å². The number of pyridine rings is 1. The van der Waals surface area contributed by atoms with Crippen molar-refractivity contribution in [3.8, 4) is 0 Å². The molecular weight excluding hydrogens is 242 g/mol. The van der Waals surface area contributed by atoms with Gasteiger partial charge in [0, 0.05) is 31.5 Å². The number of ether oxygens (including phenoxy) is 1. The maximum Gasteiger partial charge on any atom is 0.409 e. The summed E-state index contributed by atoms with van der Waals surface area (Å²) in [7, 11) is 1.39. The third kappa shape index (κ3) is 2.79. The lowest BCUT2D eigenvalue weighted by atomic mass is 10.2. The summed E-state index contributed by atoms with van der Waals surface area (Å²) < 4.78 is 4.68. The topological polar surface area (TPSA) is 54.5 Å². The SMILES string of the molecule is COC(=O)N1CCC(Nc2ccncc2Cl)C1. The quantitative estimate of drug-likeness (QED) is 0.878. The fraction of sp³-hybridized carbons (Fsp3) is 0.455. The second-order valence-corrected chi connectivity index (χ2v) is 4.31. The van der Waals surface area contributed by atoms with Crippen LogP contribution in [-0.2, 0) is 4.74 Å². The number of hydrogen-bond acceptors (Lipinski definition) is 4. The van der Waals surface area contributed by atoms with Crippen LogP contribution >= 0.6 is 11.6 Å². The number of hydrogen-bond donors (Lipinski definition) is 1. The monoisotopic (exact) mass is 255 g/mol. The molecule has 0 saturated carbocycles. The third-order valence-corrected chi connectivity index (χ3v) is 3.05. The standard InChI is InChI=1S/C11H14ClN3O2/c1-17-11(16)15-5-3-8(7-15)14-10-2-4-13-6-9(10)12/h2,4,6,8H,3,5,7H2,1H3,(H,13,14). The second kappa shape index (κ2) is 5.23. The number of nitrogens with zero attached hydrogens (tertiary/aromatic N) is 2. The van der Waals surface area contributed by atoms with Crippen LogP contribution in [0.4, 0.5) is 10.5 Å². The van der Waals surface area contributed by atoms with E-state index in [1.54, 1.807) is 17.3 Å². The van der Waals surface area contributed by atoms with Crippen LogP contribution in [0.3, 0.4) is 0 Å². The smallest absolute Gasteiger partial charge is 0.409 e. The van der Waals surface area contributed by atoms with Crippen molar-refractivity contribution in [3.63, 3.8) is 0 Å². The van der Waals surface area contributed by atoms with Gasteiger partial charge in [0.25, 0.3) is 0 Å². The Balaban J connectivity index is 1.94. The molecule has 2 heterocycles. The number of aromatic nitrogens is 1. The molecular formula is C11H14ClN3O2. The van der Waals surface area contributed by atoms with Crippen molar-refractivity contribution in [1.29, 1.82) is 0 Å². The molecule has 1 aliphatic heterocycles. The fourth-order valence-electron chi connectivity index (χ4n) is 1.89. The molecule has 2 rings (SSSR count). The van der Waals surface area contributed by atoms with Gasteiger partial charge in [-0.1, -0.05) is 11.6 Å². The molecule has 0 aromatic carbocycles. The summed E-state index contributed by atoms with van der Waals surface area (Å²) in [6.07, 6.45) is 3.88. The summed E-state index contributed by atoms with van der Waals surface area (Å²) in [6, 6.07) is 2.03. The van der Waals surface area contributed by atoms with Gasteiger partial charge in [-0.2, -0.15) is 0 Å². The number of anilines is 1. The van der Waals surface area contributed by atoms with Crippen LogP contribution in [0, 0.1) is 0 Å². The van der Waals surface area contributed by atoms with Gasteiger partial charge in [-0.25, -0.2) is 4.79 Å². The molecule has 1 amide bonds. The summed E-state index contributed by atoms with van der Waals surface area (Å²) in [4.78, 5) is 16.9. The van der Waals surface area contributed by atoms with E-state index < -0.39 is 0 Å². The number of amides is 1. The summed E-state index contributed by atoms with van der Waals surface area (Å²) in [5, 5.41) is 3.88. The Morgan fingerprint density at radius 2 is 2.53 bits per heavy atom. The van der Waals surface area contributed by atoms with Crippen LogP contribution < -0.4 is 5.32 Å². The average Bonchev–Trinajstić information content (AvgIpc) is 2.80. The number of carbonyl (C=O) groups is 1. The van der Waals surface area contributed by atoms with Crippen molar-refractivity contribution in [2.45, 2.75) is 12.5 Å². The molecule has 0 aliphatic carbocycles. The largest absolute Gasteiger partial charge is 0.453 e. The molecule has 0 bridgehead atoms. The van der Waals surface area contributed by atoms with Gasteiger partial charge in [0.2, 0.25) is 0 Å². The van der Waals surface area contributed by atoms with Gasteiger partial charge in [-0.3, -0.25) is 4.98 Å². The molecule has 92 valence electrons. The van der Waals surface area contributed by atoms with Crippen molar-refractivity contribution in [1.82, 2.24) is 9.88 Å². The molecule has 6 heteroatoms. The van der Waals surface area contributed by atoms with Gasteiger partial charge in [-0.15, -0.1) is 0 Å². The maximum absolute atomic E-state index is 11.3. The molecule has 1 aromatic rings. The van der Waals surface area contributed by atoms with Crippen molar-refractivity contribution in [3.05, 3.63) is 23.5 Å². The number of methoxy groups -OCH3 is 1. The van der Waals surface area contributed by atoms with Crippen LogP contribution in [0.25, 0.3) is 0 Å². The Labute approximate surface area is 105 Å². The minimum atomic E-state index is -0.282. The van der Waals surface area contributed by atoms with Crippen LogP contribution in [0.1, 0.15) is 6.42 Å². The number of likely N-dealkylation sites (tertiary alicyclic amines) is 1. The lowest BCUT2D eigenvalue weighted by molar-refractivity contribution is 0.133. The van der Waals surface area contributed by atoms with Crippen LogP contribution in [-0.4, -0.2) is 42.2 Å². The predicted molar refractivity (Wildman–Crippen MR) is 65.3 cm³/mol. The highest BCUT2D eigenvalue weighted by Gasteiger charge is 2.26. The van der Waals surface area contributed by atoms with E-state index in [-0.39, 0.29) is 12.1 Å². The van der Waals surface area contributed by atoms with Gasteiger partial charge in [0.15, 0.2) is 0 Å². The van der Waals surface area contributed by atoms with Crippen molar-refractivity contribution in [2.24, 2.45) is 0 Å². The molecule has 0 spiro atoms. The summed E-state index contributed by atoms with van der Waals surface area (Å²) in [5.74, 6) is 0. The Kier molecular flexibility index (Phi) is 3.68. The first-order valence-corrected chi connectivity index (χ1v) is 5.77. The third-order valence-electron chi connectivity index (χ3n) is 2.75. The van der Waals surface area contributed by atoms with Gasteiger partial charge < -0.3 is 15.0 Å². The van der Waals surface area contributed by atoms with Gasteiger partial charge in [-0.05, 0) is 12.5 Å². The van der Waals surface area contributed by atoms with Crippen molar-refractivity contribution < 1.29 is 9.53 Å². The molecule has 1 unspecified atom stereocenters. The van der Waals surface area contributed by atoms with Crippen molar-refractivity contribution in [2.75, 3.05) is 25.5 Å². The van der Waals surface area contributed by atoms with Gasteiger partial charge in [0.05, 0.1) is 17.8 Å². The Morgan fingerprint density at radius 1 is 1.71 bits per heavy atom. The fourth-order valence-corrected chi connectivity index (χ4v) is 2.06. The minimum Gasteiger partial charge on any atom is -0.453 e. The van der Waals surface area contributed by atoms with E-state index in [2.05, 4.69) is 15.0 Å². The van der Waals surface area contributed by atoms with Gasteiger partial charge in [0.1, 0.15) is 0 Å². The highest BCUT2D eigenvalue weighted by atomic mass is 35.5. The molecule has 17 heavy (non-hydrogen) atoms. The number of halogens is 1. The minimum absolute atomic E-state index is 0.203. The summed E-state index contributed by atoms with van der Waals surface area (Å²) in [5.41, 5.74) is 0.846. The highest BCUT2D eigenvalue weighted by Crippen LogP contribution is 2.22. The molecule has 1 atom stereocenters. The zero-order chi connectivity index (χ0) is 12.3. The summed E-state index contributed by atoms with van der Waals surface area (Å²) >= 11 is 6.00. The first-order valence-electron chi connectivity index (χ1n) is 5.39. The molecule has 0 radical (unpaired) electrons. The zero-order valence-electron chi connectivity index (χ0n) is 9.52. The Hall–Kier alpha value is -1.49. The van der Waals surface area contributed by atoms with E-state index in [4.69, 9.17) is 11.6 Å². The maximum atomic E-state index is 11.3. The second-order valence-electron chi connectivity index (χ2n) is 3.90. The summed E-state index contributed by atoms with van der Waals surface area (Å²) in [6.45, 7) is 1.33. The Bertz CT molecular complexity index is 413. The van der Waals surface area contributed by atoms with E-state index in [0.29, 0.717) is 18.1 Å². The first-order chi connectivity index (χ1) is 8.20. The Morgan fingerprint density at radius 3 is 3.24 bits per heavy atom. The van der Waals surface area contributed by atoms with E-state index >= 15 is 0 Å². The van der Waals surface area contributed by atoms with Crippen molar-refractivity contribution >= 4 is 23.4 Å². The van der Waals surface area contributed by atoms with E-state index in [9.17, 15) is 4.79 Å². The molecule has 1 fully saturated rings. The zero-order valence-corrected chi connectivity index (χ0v) is 10.3. The normalized spacial score (nSPS) is 19.2. The lowest BCUT2D eigenvalue weighted by Gasteiger charge is -2.16. The van der Waals surface area contributed by atoms with Crippen LogP contribution in [0.15, 0.2) is 18.5 Å². The number of carbonyl (C=O) groups excluding carboxylic acids is 1. The van der Waals surface area contributed by atoms with E-state index in [0.717, 1.165) is 12.1 Å². The van der Waals surface area contributed by atoms with E-state index in [1.165, 1.54) is 7.11 Å². The van der Waals surface area contributed by atoms with Crippen LogP contribution in [0.2, 0.25) is 5.02 Å². The molecule has 1 N–H and O–H groups in total. The average molecular weight is 256 g/mol. The lowest BCUT2D eigenvalue weighted by Crippen LogP contribution is -2.31. The predicted octanol–water partition coefficient (Wildman–Crippen LogP) is 1.99. The first kappa shape index (κ1) is 12.0. The number of rotatable bonds is 2. The highest BCUT2D eigenvalue weighted by molar-refractivity contribution is 6.33. The molecule has 1 saturated heterocycles. The van der Waals surface area contributed by atoms with E-state index in [1.807, 2.05) is 6.07 Å². The molecule has 1 aliphatic rings.